The molecule has 6 rings (SSSR count). The first-order chi connectivity index (χ1) is 20.1. The number of rotatable bonds is 7. The van der Waals surface area contributed by atoms with Crippen LogP contribution in [0, 0.1) is 0 Å². The number of pyridine rings is 1. The third-order valence-corrected chi connectivity index (χ3v) is 8.18. The molecule has 2 aliphatic heterocycles. The molecule has 4 aromatic rings. The summed E-state index contributed by atoms with van der Waals surface area (Å²) >= 11 is 0. The van der Waals surface area contributed by atoms with Crippen LogP contribution in [0.2, 0.25) is 0 Å². The third kappa shape index (κ3) is 5.32. The van der Waals surface area contributed by atoms with E-state index in [1.165, 1.54) is 23.4 Å². The van der Waals surface area contributed by atoms with E-state index >= 15 is 0 Å². The Kier molecular flexibility index (Phi) is 7.15. The first kappa shape index (κ1) is 27.8. The van der Waals surface area contributed by atoms with Gasteiger partial charge in [-0.3, -0.25) is 9.59 Å². The van der Waals surface area contributed by atoms with Gasteiger partial charge < -0.3 is 15.1 Å². The molecule has 13 heteroatoms. The van der Waals surface area contributed by atoms with Crippen LogP contribution in [0.4, 0.5) is 17.5 Å². The standard InChI is InChI=1S/C29H33N9O3S/c1-5-13-37-28(40)23-17-30-29(33-26(23)38(37)25-8-6-7-24(32-25)34-42(3,4)41)31-20-10-9-19-18-36(27(39)22(19)16-20)21-11-14-35(2)15-12-21/h5-10,16-17,21H,1,11-15,18H2,2-4H3,(H,30,31,33). The van der Waals surface area contributed by atoms with E-state index in [4.69, 9.17) is 0 Å². The van der Waals surface area contributed by atoms with Gasteiger partial charge in [0.2, 0.25) is 5.95 Å². The zero-order valence-corrected chi connectivity index (χ0v) is 24.7. The minimum atomic E-state index is -2.44. The Morgan fingerprint density at radius 1 is 1.14 bits per heavy atom. The summed E-state index contributed by atoms with van der Waals surface area (Å²) in [5.41, 5.74) is 2.40. The Morgan fingerprint density at radius 3 is 2.67 bits per heavy atom. The van der Waals surface area contributed by atoms with Crippen molar-refractivity contribution in [2.75, 3.05) is 38.0 Å². The number of carbonyl (C=O) groups is 1. The number of aromatic nitrogens is 5. The molecule has 42 heavy (non-hydrogen) atoms. The molecule has 0 atom stereocenters. The first-order valence-electron chi connectivity index (χ1n) is 13.7. The Morgan fingerprint density at radius 2 is 1.93 bits per heavy atom. The zero-order valence-electron chi connectivity index (χ0n) is 23.9. The molecule has 3 aromatic heterocycles. The first-order valence-corrected chi connectivity index (χ1v) is 16.1. The normalized spacial score (nSPS) is 16.2. The zero-order chi connectivity index (χ0) is 29.6. The summed E-state index contributed by atoms with van der Waals surface area (Å²) in [6, 6.07) is 11.1. The van der Waals surface area contributed by atoms with E-state index in [9.17, 15) is 13.8 Å². The van der Waals surface area contributed by atoms with Crippen LogP contribution in [0.5, 0.6) is 0 Å². The van der Waals surface area contributed by atoms with Gasteiger partial charge in [-0.15, -0.1) is 6.58 Å². The summed E-state index contributed by atoms with van der Waals surface area (Å²) in [5.74, 6) is 0.979. The molecule has 1 fully saturated rings. The van der Waals surface area contributed by atoms with Gasteiger partial charge in [-0.1, -0.05) is 18.2 Å². The van der Waals surface area contributed by atoms with E-state index in [1.54, 1.807) is 29.0 Å². The molecule has 1 saturated heterocycles. The number of likely N-dealkylation sites (tertiary alicyclic amines) is 1. The lowest BCUT2D eigenvalue weighted by molar-refractivity contribution is 0.0617. The minimum absolute atomic E-state index is 0.0503. The molecule has 2 aliphatic rings. The fourth-order valence-electron chi connectivity index (χ4n) is 5.55. The average molecular weight is 588 g/mol. The number of fused-ring (bicyclic) bond motifs is 2. The number of anilines is 2. The lowest BCUT2D eigenvalue weighted by atomic mass is 10.0. The molecule has 1 N–H and O–H groups in total. The van der Waals surface area contributed by atoms with Crippen molar-refractivity contribution in [3.8, 4) is 5.82 Å². The lowest BCUT2D eigenvalue weighted by Crippen LogP contribution is -2.43. The van der Waals surface area contributed by atoms with E-state index in [-0.39, 0.29) is 35.8 Å². The van der Waals surface area contributed by atoms with Crippen molar-refractivity contribution < 1.29 is 9.00 Å². The molecule has 0 radical (unpaired) electrons. The van der Waals surface area contributed by atoms with Gasteiger partial charge in [-0.25, -0.2) is 23.5 Å². The summed E-state index contributed by atoms with van der Waals surface area (Å²) in [6.07, 6.45) is 8.10. The Bertz CT molecular complexity index is 1890. The molecule has 0 bridgehead atoms. The summed E-state index contributed by atoms with van der Waals surface area (Å²) in [4.78, 5) is 44.5. The minimum Gasteiger partial charge on any atom is -0.331 e. The van der Waals surface area contributed by atoms with Crippen molar-refractivity contribution in [2.24, 2.45) is 4.36 Å². The van der Waals surface area contributed by atoms with Crippen LogP contribution in [0.15, 0.2) is 64.4 Å². The second-order valence-electron chi connectivity index (χ2n) is 11.0. The van der Waals surface area contributed by atoms with E-state index < -0.39 is 9.73 Å². The quantitative estimate of drug-likeness (QED) is 0.326. The molecule has 1 aromatic carbocycles. The number of hydrogen-bond donors (Lipinski definition) is 1. The Hall–Kier alpha value is -4.36. The van der Waals surface area contributed by atoms with Crippen LogP contribution in [-0.2, 0) is 22.8 Å². The fraction of sp³-hybridized carbons (Fsp3) is 0.345. The largest absolute Gasteiger partial charge is 0.331 e. The monoisotopic (exact) mass is 587 g/mol. The van der Waals surface area contributed by atoms with Crippen molar-refractivity contribution in [1.29, 1.82) is 0 Å². The molecular weight excluding hydrogens is 554 g/mol. The number of nitrogens with one attached hydrogen (secondary N) is 1. The van der Waals surface area contributed by atoms with E-state index in [0.29, 0.717) is 34.6 Å². The maximum atomic E-state index is 13.3. The average Bonchev–Trinajstić information content (AvgIpc) is 3.42. The predicted octanol–water partition coefficient (Wildman–Crippen LogP) is 3.32. The summed E-state index contributed by atoms with van der Waals surface area (Å²) in [6.45, 7) is 6.59. The Balaban J connectivity index is 1.34. The van der Waals surface area contributed by atoms with Gasteiger partial charge in [0.1, 0.15) is 5.39 Å². The maximum absolute atomic E-state index is 13.3. The summed E-state index contributed by atoms with van der Waals surface area (Å²) < 4.78 is 19.5. The van der Waals surface area contributed by atoms with Gasteiger partial charge in [-0.05, 0) is 62.8 Å². The highest BCUT2D eigenvalue weighted by Gasteiger charge is 2.34. The third-order valence-electron chi connectivity index (χ3n) is 7.55. The number of amides is 1. The van der Waals surface area contributed by atoms with Crippen LogP contribution >= 0.6 is 0 Å². The fourth-order valence-corrected chi connectivity index (χ4v) is 6.10. The second-order valence-corrected chi connectivity index (χ2v) is 13.6. The van der Waals surface area contributed by atoms with E-state index in [2.05, 4.69) is 43.2 Å². The van der Waals surface area contributed by atoms with Crippen molar-refractivity contribution >= 4 is 44.1 Å². The van der Waals surface area contributed by atoms with Gasteiger partial charge in [0, 0.05) is 52.3 Å². The molecule has 1 amide bonds. The number of allylic oxidation sites excluding steroid dienone is 1. The number of nitrogens with zero attached hydrogens (tertiary/aromatic N) is 8. The van der Waals surface area contributed by atoms with Gasteiger partial charge in [0.25, 0.3) is 11.5 Å². The highest BCUT2D eigenvalue weighted by atomic mass is 32.2. The molecule has 0 unspecified atom stereocenters. The number of carbonyl (C=O) groups excluding carboxylic acids is 1. The van der Waals surface area contributed by atoms with Gasteiger partial charge in [-0.2, -0.15) is 9.35 Å². The number of piperidine rings is 1. The van der Waals surface area contributed by atoms with Crippen molar-refractivity contribution in [3.05, 3.63) is 76.7 Å². The van der Waals surface area contributed by atoms with Gasteiger partial charge in [0.05, 0.1) is 6.54 Å². The highest BCUT2D eigenvalue weighted by Crippen LogP contribution is 2.31. The van der Waals surface area contributed by atoms with Crippen molar-refractivity contribution in [1.82, 2.24) is 34.1 Å². The second kappa shape index (κ2) is 10.8. The van der Waals surface area contributed by atoms with E-state index in [1.807, 2.05) is 23.1 Å². The number of hydrogen-bond acceptors (Lipinski definition) is 9. The molecule has 5 heterocycles. The molecule has 12 nitrogen and oxygen atoms in total. The van der Waals surface area contributed by atoms with Crippen LogP contribution in [0.1, 0.15) is 28.8 Å². The SMILES string of the molecule is C=CCn1c(=O)c2cnc(Nc3ccc4c(c3)C(=O)N(C3CCN(C)CC3)C4)nc2n1-c1cccc(N=S(C)(C)=O)n1. The topological polar surface area (TPSA) is 131 Å². The molecular formula is C29H33N9O3S. The maximum Gasteiger partial charge on any atom is 0.278 e. The molecule has 0 spiro atoms. The van der Waals surface area contributed by atoms with Crippen LogP contribution in [0.3, 0.4) is 0 Å². The predicted molar refractivity (Wildman–Crippen MR) is 163 cm³/mol. The number of benzene rings is 1. The molecule has 218 valence electrons. The Labute approximate surface area is 243 Å². The lowest BCUT2D eigenvalue weighted by Gasteiger charge is -2.34. The van der Waals surface area contributed by atoms with Gasteiger partial charge in [0.15, 0.2) is 17.3 Å². The van der Waals surface area contributed by atoms with Gasteiger partial charge >= 0.3 is 0 Å². The molecule has 0 saturated carbocycles. The smallest absolute Gasteiger partial charge is 0.278 e. The van der Waals surface area contributed by atoms with Crippen LogP contribution in [-0.4, -0.2) is 82.9 Å². The van der Waals surface area contributed by atoms with Crippen molar-refractivity contribution in [2.45, 2.75) is 32.0 Å². The van der Waals surface area contributed by atoms with Crippen LogP contribution < -0.4 is 10.9 Å². The summed E-state index contributed by atoms with van der Waals surface area (Å²) in [5, 5.41) is 3.51. The van der Waals surface area contributed by atoms with Crippen molar-refractivity contribution in [3.63, 3.8) is 0 Å². The van der Waals surface area contributed by atoms with E-state index in [0.717, 1.165) is 31.5 Å². The highest BCUT2D eigenvalue weighted by molar-refractivity contribution is 7.92. The van der Waals surface area contributed by atoms with Crippen LogP contribution in [0.25, 0.3) is 16.9 Å². The molecule has 0 aliphatic carbocycles. The summed E-state index contributed by atoms with van der Waals surface area (Å²) in [7, 11) is -0.329.